The highest BCUT2D eigenvalue weighted by Gasteiger charge is 2.24. The van der Waals surface area contributed by atoms with E-state index in [1.54, 1.807) is 72.8 Å². The standard InChI is InChI=1S/C34H31NO10/c1-40-31(36)28(35-32(37)41-21-24-11-5-2-6-12-24)19-27-17-18-29(44-33(38)42-22-25-13-7-3-8-14-25)30(20-27)45-34(39)43-23-26-15-9-4-10-16-26/h2-18,20,28H,19,21-23H2,1H3,(H,35,37)/t28-/m0/s1. The lowest BCUT2D eigenvalue weighted by atomic mass is 10.1. The van der Waals surface area contributed by atoms with Gasteiger partial charge in [-0.3, -0.25) is 0 Å². The third-order valence-corrected chi connectivity index (χ3v) is 6.22. The highest BCUT2D eigenvalue weighted by Crippen LogP contribution is 2.30. The van der Waals surface area contributed by atoms with Crippen molar-refractivity contribution in [2.75, 3.05) is 7.11 Å². The van der Waals surface area contributed by atoms with Crippen LogP contribution in [-0.2, 0) is 50.0 Å². The molecule has 0 aliphatic carbocycles. The first kappa shape index (κ1) is 32.1. The second kappa shape index (κ2) is 16.7. The molecule has 0 saturated carbocycles. The first-order valence-corrected chi connectivity index (χ1v) is 13.8. The summed E-state index contributed by atoms with van der Waals surface area (Å²) in [4.78, 5) is 50.1. The molecule has 4 aromatic carbocycles. The van der Waals surface area contributed by atoms with Gasteiger partial charge in [0.2, 0.25) is 0 Å². The number of rotatable bonds is 12. The fraction of sp³-hybridized carbons (Fsp3) is 0.176. The van der Waals surface area contributed by atoms with E-state index in [1.807, 2.05) is 18.2 Å². The summed E-state index contributed by atoms with van der Waals surface area (Å²) < 4.78 is 31.2. The molecule has 232 valence electrons. The Morgan fingerprint density at radius 1 is 0.578 bits per heavy atom. The molecule has 1 atom stereocenters. The Bertz CT molecular complexity index is 1560. The quantitative estimate of drug-likeness (QED) is 0.113. The Hall–Kier alpha value is -5.84. The van der Waals surface area contributed by atoms with Crippen LogP contribution in [-0.4, -0.2) is 37.5 Å². The van der Waals surface area contributed by atoms with E-state index < -0.39 is 30.4 Å². The van der Waals surface area contributed by atoms with Gasteiger partial charge in [0.15, 0.2) is 11.5 Å². The lowest BCUT2D eigenvalue weighted by Gasteiger charge is -2.18. The molecule has 0 spiro atoms. The summed E-state index contributed by atoms with van der Waals surface area (Å²) in [6, 6.07) is 30.1. The lowest BCUT2D eigenvalue weighted by molar-refractivity contribution is -0.143. The van der Waals surface area contributed by atoms with Crippen molar-refractivity contribution in [2.45, 2.75) is 32.3 Å². The Balaban J connectivity index is 1.46. The van der Waals surface area contributed by atoms with Crippen molar-refractivity contribution < 1.29 is 47.6 Å². The molecule has 1 N–H and O–H groups in total. The minimum Gasteiger partial charge on any atom is -0.467 e. The number of methoxy groups -OCH3 is 1. The van der Waals surface area contributed by atoms with Crippen molar-refractivity contribution in [2.24, 2.45) is 0 Å². The number of nitrogens with one attached hydrogen (secondary N) is 1. The van der Waals surface area contributed by atoms with Crippen molar-refractivity contribution in [3.05, 3.63) is 131 Å². The van der Waals surface area contributed by atoms with Gasteiger partial charge in [0.25, 0.3) is 0 Å². The van der Waals surface area contributed by atoms with Gasteiger partial charge >= 0.3 is 24.4 Å². The van der Waals surface area contributed by atoms with Crippen LogP contribution in [0.4, 0.5) is 14.4 Å². The molecule has 0 unspecified atom stereocenters. The first-order chi connectivity index (χ1) is 21.9. The van der Waals surface area contributed by atoms with Gasteiger partial charge in [-0.25, -0.2) is 19.2 Å². The maximum atomic E-state index is 12.6. The number of alkyl carbamates (subject to hydrolysis) is 1. The second-order valence-corrected chi connectivity index (χ2v) is 9.52. The van der Waals surface area contributed by atoms with E-state index in [0.29, 0.717) is 5.56 Å². The van der Waals surface area contributed by atoms with Crippen LogP contribution in [0.3, 0.4) is 0 Å². The summed E-state index contributed by atoms with van der Waals surface area (Å²) in [5, 5.41) is 2.49. The fourth-order valence-corrected chi connectivity index (χ4v) is 3.99. The number of ether oxygens (including phenoxy) is 6. The zero-order valence-electron chi connectivity index (χ0n) is 24.4. The molecule has 0 aliphatic rings. The monoisotopic (exact) mass is 613 g/mol. The van der Waals surface area contributed by atoms with Crippen molar-refractivity contribution in [1.29, 1.82) is 0 Å². The van der Waals surface area contributed by atoms with Gasteiger partial charge in [-0.05, 0) is 34.4 Å². The Morgan fingerprint density at radius 2 is 1.04 bits per heavy atom. The number of hydrogen-bond acceptors (Lipinski definition) is 10. The molecule has 0 bridgehead atoms. The number of carbonyl (C=O) groups is 4. The topological polar surface area (TPSA) is 136 Å². The fourth-order valence-electron chi connectivity index (χ4n) is 3.99. The van der Waals surface area contributed by atoms with Gasteiger partial charge in [-0.1, -0.05) is 97.1 Å². The average Bonchev–Trinajstić information content (AvgIpc) is 3.07. The zero-order chi connectivity index (χ0) is 31.9. The molecule has 0 saturated heterocycles. The zero-order valence-corrected chi connectivity index (χ0v) is 24.4. The molecule has 45 heavy (non-hydrogen) atoms. The highest BCUT2D eigenvalue weighted by atomic mass is 16.7. The minimum atomic E-state index is -1.15. The molecule has 0 heterocycles. The van der Waals surface area contributed by atoms with Gasteiger partial charge in [0.1, 0.15) is 25.9 Å². The van der Waals surface area contributed by atoms with Crippen molar-refractivity contribution in [1.82, 2.24) is 5.32 Å². The van der Waals surface area contributed by atoms with Gasteiger partial charge in [-0.15, -0.1) is 0 Å². The summed E-state index contributed by atoms with van der Waals surface area (Å²) in [6.45, 7) is -0.107. The summed E-state index contributed by atoms with van der Waals surface area (Å²) in [5.41, 5.74) is 2.66. The predicted molar refractivity (Wildman–Crippen MR) is 160 cm³/mol. The molecule has 0 aliphatic heterocycles. The molecule has 11 nitrogen and oxygen atoms in total. The predicted octanol–water partition coefficient (Wildman–Crippen LogP) is 6.13. The lowest BCUT2D eigenvalue weighted by Crippen LogP contribution is -2.43. The number of carbonyl (C=O) groups excluding carboxylic acids is 4. The second-order valence-electron chi connectivity index (χ2n) is 9.52. The Labute approximate surface area is 259 Å². The number of amides is 1. The molecule has 4 aromatic rings. The smallest absolute Gasteiger partial charge is 0.467 e. The van der Waals surface area contributed by atoms with Crippen LogP contribution < -0.4 is 14.8 Å². The molecule has 0 fully saturated rings. The van der Waals surface area contributed by atoms with Gasteiger partial charge in [-0.2, -0.15) is 0 Å². The van der Waals surface area contributed by atoms with E-state index in [9.17, 15) is 19.2 Å². The Morgan fingerprint density at radius 3 is 1.53 bits per heavy atom. The van der Waals surface area contributed by atoms with E-state index in [1.165, 1.54) is 25.3 Å². The van der Waals surface area contributed by atoms with E-state index in [0.717, 1.165) is 16.7 Å². The highest BCUT2D eigenvalue weighted by molar-refractivity contribution is 5.81. The summed E-state index contributed by atoms with van der Waals surface area (Å²) in [6.07, 6.45) is -3.02. The molecular weight excluding hydrogens is 582 g/mol. The number of benzene rings is 4. The average molecular weight is 614 g/mol. The van der Waals surface area contributed by atoms with E-state index >= 15 is 0 Å². The van der Waals surface area contributed by atoms with Crippen molar-refractivity contribution in [3.63, 3.8) is 0 Å². The van der Waals surface area contributed by atoms with Crippen molar-refractivity contribution in [3.8, 4) is 11.5 Å². The number of hydrogen-bond donors (Lipinski definition) is 1. The molecule has 11 heteroatoms. The SMILES string of the molecule is COC(=O)[C@H](Cc1ccc(OC(=O)OCc2ccccc2)c(OC(=O)OCc2ccccc2)c1)NC(=O)OCc1ccccc1. The maximum absolute atomic E-state index is 12.6. The van der Waals surface area contributed by atoms with Crippen LogP contribution in [0, 0.1) is 0 Å². The van der Waals surface area contributed by atoms with E-state index in [-0.39, 0.29) is 37.7 Å². The number of esters is 1. The Kier molecular flexibility index (Phi) is 11.9. The largest absolute Gasteiger partial charge is 0.514 e. The molecular formula is C34H31NO10. The van der Waals surface area contributed by atoms with E-state index in [2.05, 4.69) is 5.32 Å². The summed E-state index contributed by atoms with van der Waals surface area (Å²) in [5.74, 6) is -1.06. The molecule has 1 amide bonds. The van der Waals surface area contributed by atoms with Crippen LogP contribution in [0.2, 0.25) is 0 Å². The summed E-state index contributed by atoms with van der Waals surface area (Å²) >= 11 is 0. The van der Waals surface area contributed by atoms with Gasteiger partial charge in [0.05, 0.1) is 7.11 Å². The third kappa shape index (κ3) is 10.7. The molecule has 4 rings (SSSR count). The summed E-state index contributed by atoms with van der Waals surface area (Å²) in [7, 11) is 1.18. The van der Waals surface area contributed by atoms with Crippen LogP contribution >= 0.6 is 0 Å². The maximum Gasteiger partial charge on any atom is 0.514 e. The van der Waals surface area contributed by atoms with Gasteiger partial charge in [0, 0.05) is 6.42 Å². The third-order valence-electron chi connectivity index (χ3n) is 6.22. The van der Waals surface area contributed by atoms with Crippen molar-refractivity contribution >= 4 is 24.4 Å². The van der Waals surface area contributed by atoms with Crippen LogP contribution in [0.25, 0.3) is 0 Å². The molecule has 0 aromatic heterocycles. The minimum absolute atomic E-state index is 0.00391. The molecule has 0 radical (unpaired) electrons. The van der Waals surface area contributed by atoms with Crippen LogP contribution in [0.15, 0.2) is 109 Å². The van der Waals surface area contributed by atoms with Crippen LogP contribution in [0.1, 0.15) is 22.3 Å². The van der Waals surface area contributed by atoms with E-state index in [4.69, 9.17) is 28.4 Å². The first-order valence-electron chi connectivity index (χ1n) is 13.8. The van der Waals surface area contributed by atoms with Gasteiger partial charge < -0.3 is 33.7 Å². The normalized spacial score (nSPS) is 11.0. The van der Waals surface area contributed by atoms with Crippen LogP contribution in [0.5, 0.6) is 11.5 Å².